The van der Waals surface area contributed by atoms with Gasteiger partial charge in [0.2, 0.25) is 0 Å². The molecule has 0 bridgehead atoms. The second-order valence-corrected chi connectivity index (χ2v) is 7.11. The number of fused-ring (bicyclic) bond motifs is 1. The van der Waals surface area contributed by atoms with Crippen LogP contribution in [0.2, 0.25) is 0 Å². The van der Waals surface area contributed by atoms with E-state index >= 15 is 0 Å². The average molecular weight is 347 g/mol. The van der Waals surface area contributed by atoms with Crippen molar-refractivity contribution < 1.29 is 9.79 Å². The topological polar surface area (TPSA) is 126 Å². The summed E-state index contributed by atoms with van der Waals surface area (Å²) in [4.78, 5) is 36.4. The Morgan fingerprint density at radius 1 is 1.42 bits per heavy atom. The van der Waals surface area contributed by atoms with Gasteiger partial charge >= 0.3 is 0 Å². The minimum absolute atomic E-state index is 0.111. The number of pyridine rings is 1. The summed E-state index contributed by atoms with van der Waals surface area (Å²) in [6.45, 7) is 1.58. The van der Waals surface area contributed by atoms with Crippen LogP contribution in [0, 0.1) is 17.2 Å². The molecule has 1 aliphatic heterocycles. The zero-order chi connectivity index (χ0) is 17.1. The normalized spacial score (nSPS) is 15.8. The lowest BCUT2D eigenvalue weighted by atomic mass is 9.94. The lowest BCUT2D eigenvalue weighted by molar-refractivity contribution is 0.386. The molecule has 24 heavy (non-hydrogen) atoms. The predicted octanol–water partition coefficient (Wildman–Crippen LogP) is 1.09. The van der Waals surface area contributed by atoms with Crippen molar-refractivity contribution in [3.8, 4) is 6.07 Å². The molecule has 0 radical (unpaired) electrons. The van der Waals surface area contributed by atoms with Crippen molar-refractivity contribution in [2.45, 2.75) is 19.3 Å². The Kier molecular flexibility index (Phi) is 5.05. The molecule has 3 rings (SSSR count). The van der Waals surface area contributed by atoms with Gasteiger partial charge in [-0.15, -0.1) is 0 Å². The number of aromatic nitrogens is 3. The summed E-state index contributed by atoms with van der Waals surface area (Å²) in [5, 5.41) is 16.3. The first-order valence-corrected chi connectivity index (χ1v) is 9.20. The molecule has 0 aliphatic carbocycles. The zero-order valence-corrected chi connectivity index (χ0v) is 13.9. The summed E-state index contributed by atoms with van der Waals surface area (Å²) < 4.78 is 0. The lowest BCUT2D eigenvalue weighted by Crippen LogP contribution is -2.34. The van der Waals surface area contributed by atoms with Crippen LogP contribution < -0.4 is 10.5 Å². The van der Waals surface area contributed by atoms with Gasteiger partial charge < -0.3 is 14.7 Å². The van der Waals surface area contributed by atoms with Gasteiger partial charge in [-0.1, -0.05) is 0 Å². The molecule has 3 N–H and O–H groups in total. The van der Waals surface area contributed by atoms with E-state index in [1.54, 1.807) is 6.07 Å². The van der Waals surface area contributed by atoms with Crippen molar-refractivity contribution in [1.29, 1.82) is 5.26 Å². The molecule has 1 saturated heterocycles. The number of anilines is 1. The SMILES string of the molecule is N#Cc1nc(N2CCC(CCP(O)O)CC2)cc2cn[nH]c(=O)c12. The average Bonchev–Trinajstić information content (AvgIpc) is 2.59. The number of piperidine rings is 1. The minimum atomic E-state index is -1.81. The summed E-state index contributed by atoms with van der Waals surface area (Å²) in [5.74, 6) is 1.16. The van der Waals surface area contributed by atoms with Crippen LogP contribution in [0.4, 0.5) is 5.82 Å². The molecule has 0 unspecified atom stereocenters. The summed E-state index contributed by atoms with van der Waals surface area (Å²) in [5.41, 5.74) is -0.300. The summed E-state index contributed by atoms with van der Waals surface area (Å²) in [6, 6.07) is 3.78. The van der Waals surface area contributed by atoms with Crippen molar-refractivity contribution in [3.63, 3.8) is 0 Å². The maximum atomic E-state index is 11.9. The summed E-state index contributed by atoms with van der Waals surface area (Å²) >= 11 is 0. The van der Waals surface area contributed by atoms with Crippen LogP contribution in [0.25, 0.3) is 10.8 Å². The number of nitrogens with one attached hydrogen (secondary N) is 1. The molecule has 2 aromatic rings. The molecular weight excluding hydrogens is 329 g/mol. The molecule has 8 nitrogen and oxygen atoms in total. The van der Waals surface area contributed by atoms with Crippen molar-refractivity contribution in [2.24, 2.45) is 5.92 Å². The van der Waals surface area contributed by atoms with E-state index in [4.69, 9.17) is 9.79 Å². The van der Waals surface area contributed by atoms with Crippen molar-refractivity contribution in [1.82, 2.24) is 15.2 Å². The van der Waals surface area contributed by atoms with Gasteiger partial charge in [0.1, 0.15) is 11.9 Å². The third kappa shape index (κ3) is 3.54. The molecular formula is C15H18N5O3P. The van der Waals surface area contributed by atoms with E-state index in [0.717, 1.165) is 32.4 Å². The molecule has 1 fully saturated rings. The number of aromatic amines is 1. The van der Waals surface area contributed by atoms with Crippen LogP contribution in [0.5, 0.6) is 0 Å². The van der Waals surface area contributed by atoms with Crippen LogP contribution >= 0.6 is 8.38 Å². The molecule has 9 heteroatoms. The fourth-order valence-corrected chi connectivity index (χ4v) is 3.70. The van der Waals surface area contributed by atoms with E-state index in [1.165, 1.54) is 6.20 Å². The van der Waals surface area contributed by atoms with Gasteiger partial charge in [-0.2, -0.15) is 10.4 Å². The summed E-state index contributed by atoms with van der Waals surface area (Å²) in [7, 11) is -1.81. The fraction of sp³-hybridized carbons (Fsp3) is 0.467. The third-order valence-corrected chi connectivity index (χ3v) is 5.07. The molecule has 0 aromatic carbocycles. The van der Waals surface area contributed by atoms with Gasteiger partial charge in [-0.05, 0) is 31.2 Å². The number of nitrogens with zero attached hydrogens (tertiary/aromatic N) is 4. The van der Waals surface area contributed by atoms with Crippen LogP contribution in [0.3, 0.4) is 0 Å². The molecule has 0 spiro atoms. The Labute approximate surface area is 139 Å². The number of nitriles is 1. The highest BCUT2D eigenvalue weighted by atomic mass is 31.2. The van der Waals surface area contributed by atoms with Gasteiger partial charge in [0.25, 0.3) is 5.56 Å². The standard InChI is InChI=1S/C15H18N5O3P/c16-8-12-14-11(9-17-19-15(14)21)7-13(18-12)20-4-1-10(2-5-20)3-6-24(22)23/h7,9-10,22-23H,1-6H2,(H,19,21). The smallest absolute Gasteiger partial charge is 0.274 e. The van der Waals surface area contributed by atoms with Crippen LogP contribution in [-0.2, 0) is 0 Å². The molecule has 2 aromatic heterocycles. The quantitative estimate of drug-likeness (QED) is 0.707. The Hall–Kier alpha value is -2.07. The Balaban J connectivity index is 1.79. The number of hydrogen-bond acceptors (Lipinski definition) is 7. The van der Waals surface area contributed by atoms with Gasteiger partial charge in [0.15, 0.2) is 14.1 Å². The third-order valence-electron chi connectivity index (χ3n) is 4.42. The van der Waals surface area contributed by atoms with E-state index in [2.05, 4.69) is 20.1 Å². The van der Waals surface area contributed by atoms with E-state index in [1.807, 2.05) is 6.07 Å². The molecule has 0 amide bonds. The number of hydrogen-bond donors (Lipinski definition) is 3. The Morgan fingerprint density at radius 2 is 2.17 bits per heavy atom. The molecule has 0 saturated carbocycles. The first-order chi connectivity index (χ1) is 11.6. The first-order valence-electron chi connectivity index (χ1n) is 7.77. The molecule has 126 valence electrons. The zero-order valence-electron chi connectivity index (χ0n) is 13.0. The van der Waals surface area contributed by atoms with E-state index < -0.39 is 13.9 Å². The van der Waals surface area contributed by atoms with Crippen LogP contribution in [0.15, 0.2) is 17.1 Å². The Morgan fingerprint density at radius 3 is 2.83 bits per heavy atom. The second kappa shape index (κ2) is 7.22. The fourth-order valence-electron chi connectivity index (χ4n) is 3.10. The van der Waals surface area contributed by atoms with Gasteiger partial charge in [-0.25, -0.2) is 10.1 Å². The van der Waals surface area contributed by atoms with E-state index in [-0.39, 0.29) is 11.1 Å². The number of rotatable bonds is 4. The summed E-state index contributed by atoms with van der Waals surface area (Å²) in [6.07, 6.45) is 4.69. The minimum Gasteiger partial charge on any atom is -0.357 e. The largest absolute Gasteiger partial charge is 0.357 e. The second-order valence-electron chi connectivity index (χ2n) is 5.92. The first kappa shape index (κ1) is 16.8. The monoisotopic (exact) mass is 347 g/mol. The predicted molar refractivity (Wildman–Crippen MR) is 90.7 cm³/mol. The van der Waals surface area contributed by atoms with E-state index in [0.29, 0.717) is 23.3 Å². The molecule has 3 heterocycles. The van der Waals surface area contributed by atoms with E-state index in [9.17, 15) is 10.1 Å². The molecule has 0 atom stereocenters. The van der Waals surface area contributed by atoms with Crippen molar-refractivity contribution >= 4 is 25.0 Å². The number of H-pyrrole nitrogens is 1. The highest BCUT2D eigenvalue weighted by Crippen LogP contribution is 2.31. The maximum Gasteiger partial charge on any atom is 0.274 e. The van der Waals surface area contributed by atoms with Gasteiger partial charge in [0, 0.05) is 24.6 Å². The van der Waals surface area contributed by atoms with Crippen LogP contribution in [-0.4, -0.2) is 44.2 Å². The lowest BCUT2D eigenvalue weighted by Gasteiger charge is -2.33. The van der Waals surface area contributed by atoms with Crippen molar-refractivity contribution in [2.75, 3.05) is 24.2 Å². The Bertz CT molecular complexity index is 824. The van der Waals surface area contributed by atoms with Crippen molar-refractivity contribution in [3.05, 3.63) is 28.3 Å². The van der Waals surface area contributed by atoms with Crippen LogP contribution in [0.1, 0.15) is 25.0 Å². The maximum absolute atomic E-state index is 11.9. The highest BCUT2D eigenvalue weighted by molar-refractivity contribution is 7.45. The molecule has 1 aliphatic rings. The van der Waals surface area contributed by atoms with Gasteiger partial charge in [0.05, 0.1) is 11.6 Å². The van der Waals surface area contributed by atoms with Gasteiger partial charge in [-0.3, -0.25) is 4.79 Å². The highest BCUT2D eigenvalue weighted by Gasteiger charge is 2.22.